The number of benzene rings is 2. The largest absolute Gasteiger partial charge is 0.456 e. The molecule has 0 bridgehead atoms. The van der Waals surface area contributed by atoms with Crippen LogP contribution in [0.1, 0.15) is 41.0 Å². The first-order valence-corrected chi connectivity index (χ1v) is 9.52. The molecule has 5 nitrogen and oxygen atoms in total. The van der Waals surface area contributed by atoms with Gasteiger partial charge in [0.2, 0.25) is 5.91 Å². The number of carbonyl (C=O) groups excluding carboxylic acids is 2. The van der Waals surface area contributed by atoms with Gasteiger partial charge in [0.05, 0.1) is 17.7 Å². The Labute approximate surface area is 176 Å². The fraction of sp³-hybridized carbons (Fsp3) is 0.333. The summed E-state index contributed by atoms with van der Waals surface area (Å²) in [6.07, 6.45) is -3.69. The van der Waals surface area contributed by atoms with Gasteiger partial charge in [0.15, 0.2) is 0 Å². The van der Waals surface area contributed by atoms with Crippen LogP contribution in [0.5, 0.6) is 11.5 Å². The van der Waals surface area contributed by atoms with Gasteiger partial charge in [0.25, 0.3) is 0 Å². The minimum Gasteiger partial charge on any atom is -0.456 e. The van der Waals surface area contributed by atoms with Crippen molar-refractivity contribution >= 4 is 23.6 Å². The third-order valence-electron chi connectivity index (χ3n) is 4.96. The molecule has 0 fully saturated rings. The molecule has 0 radical (unpaired) electrons. The van der Waals surface area contributed by atoms with Crippen molar-refractivity contribution in [3.63, 3.8) is 0 Å². The molecule has 2 aromatic rings. The topological polar surface area (TPSA) is 64.6 Å². The lowest BCUT2D eigenvalue weighted by molar-refractivity contribution is -0.137. The Kier molecular flexibility index (Phi) is 6.26. The molecule has 1 aliphatic carbocycles. The van der Waals surface area contributed by atoms with Gasteiger partial charge in [-0.25, -0.2) is 4.79 Å². The number of nitrogens with one attached hydrogen (secondary N) is 1. The predicted octanol–water partition coefficient (Wildman–Crippen LogP) is 5.76. The second kappa shape index (κ2) is 8.55. The highest BCUT2D eigenvalue weighted by Gasteiger charge is 2.31. The van der Waals surface area contributed by atoms with E-state index in [9.17, 15) is 22.8 Å². The second-order valence-electron chi connectivity index (χ2n) is 7.04. The van der Waals surface area contributed by atoms with Crippen LogP contribution in [0, 0.1) is 6.92 Å². The maximum Gasteiger partial charge on any atom is 0.416 e. The molecule has 0 aliphatic heterocycles. The Bertz CT molecular complexity index is 991. The van der Waals surface area contributed by atoms with Gasteiger partial charge in [-0.05, 0) is 72.7 Å². The molecule has 1 N–H and O–H groups in total. The van der Waals surface area contributed by atoms with Gasteiger partial charge in [-0.15, -0.1) is 0 Å². The van der Waals surface area contributed by atoms with E-state index in [2.05, 4.69) is 10.1 Å². The van der Waals surface area contributed by atoms with E-state index < -0.39 is 23.7 Å². The maximum atomic E-state index is 12.8. The zero-order valence-electron chi connectivity index (χ0n) is 16.2. The van der Waals surface area contributed by atoms with Gasteiger partial charge in [-0.1, -0.05) is 11.6 Å². The monoisotopic (exact) mass is 441 g/mol. The average molecular weight is 442 g/mol. The minimum atomic E-state index is -4.48. The van der Waals surface area contributed by atoms with Gasteiger partial charge in [0, 0.05) is 6.42 Å². The number of rotatable bonds is 4. The van der Waals surface area contributed by atoms with Crippen LogP contribution >= 0.6 is 11.6 Å². The first-order chi connectivity index (χ1) is 14.1. The van der Waals surface area contributed by atoms with E-state index >= 15 is 0 Å². The van der Waals surface area contributed by atoms with Crippen molar-refractivity contribution in [3.8, 4) is 11.5 Å². The molecule has 30 heavy (non-hydrogen) atoms. The summed E-state index contributed by atoms with van der Waals surface area (Å²) < 4.78 is 48.5. The van der Waals surface area contributed by atoms with Crippen LogP contribution < -0.4 is 10.1 Å². The first-order valence-electron chi connectivity index (χ1n) is 9.14. The van der Waals surface area contributed by atoms with Crippen LogP contribution in [0.2, 0.25) is 5.02 Å². The Balaban J connectivity index is 1.77. The highest BCUT2D eigenvalue weighted by Crippen LogP contribution is 2.42. The van der Waals surface area contributed by atoms with Gasteiger partial charge in [-0.2, -0.15) is 13.2 Å². The normalized spacial score (nSPS) is 15.5. The Morgan fingerprint density at radius 3 is 2.60 bits per heavy atom. The number of alkyl halides is 3. The number of fused-ring (bicyclic) bond motifs is 1. The van der Waals surface area contributed by atoms with E-state index in [-0.39, 0.29) is 23.1 Å². The van der Waals surface area contributed by atoms with Gasteiger partial charge >= 0.3 is 12.3 Å². The maximum absolute atomic E-state index is 12.8. The van der Waals surface area contributed by atoms with Crippen molar-refractivity contribution in [1.82, 2.24) is 5.32 Å². The van der Waals surface area contributed by atoms with Crippen molar-refractivity contribution in [2.75, 3.05) is 7.11 Å². The number of methoxy groups -OCH3 is 1. The van der Waals surface area contributed by atoms with Gasteiger partial charge in [-0.3, -0.25) is 10.1 Å². The fourth-order valence-corrected chi connectivity index (χ4v) is 3.91. The molecule has 1 aliphatic rings. The van der Waals surface area contributed by atoms with Crippen LogP contribution in [-0.2, 0) is 22.1 Å². The Morgan fingerprint density at radius 1 is 1.23 bits per heavy atom. The number of halogens is 4. The molecule has 1 atom stereocenters. The van der Waals surface area contributed by atoms with Crippen molar-refractivity contribution in [2.24, 2.45) is 0 Å². The molecule has 2 amide bonds. The van der Waals surface area contributed by atoms with Crippen LogP contribution in [-0.4, -0.2) is 19.1 Å². The van der Waals surface area contributed by atoms with Crippen LogP contribution in [0.25, 0.3) is 0 Å². The van der Waals surface area contributed by atoms with E-state index in [0.29, 0.717) is 12.2 Å². The summed E-state index contributed by atoms with van der Waals surface area (Å²) in [5, 5.41) is 2.01. The second-order valence-corrected chi connectivity index (χ2v) is 7.44. The molecule has 0 unspecified atom stereocenters. The van der Waals surface area contributed by atoms with Crippen LogP contribution in [0.15, 0.2) is 30.3 Å². The number of ether oxygens (including phenoxy) is 2. The number of amides is 2. The molecular formula is C21H19ClF3NO4. The Hall–Kier alpha value is -2.74. The third-order valence-corrected chi connectivity index (χ3v) is 5.26. The summed E-state index contributed by atoms with van der Waals surface area (Å²) in [5.41, 5.74) is 2.04. The Morgan fingerprint density at radius 2 is 1.97 bits per heavy atom. The molecule has 160 valence electrons. The number of hydrogen-bond donors (Lipinski definition) is 1. The summed E-state index contributed by atoms with van der Waals surface area (Å²) in [6.45, 7) is 1.87. The molecule has 0 saturated heterocycles. The first kappa shape index (κ1) is 22.0. The summed E-state index contributed by atoms with van der Waals surface area (Å²) in [7, 11) is 1.18. The number of alkyl carbamates (subject to hydrolysis) is 1. The molecule has 3 rings (SSSR count). The molecule has 0 saturated carbocycles. The fourth-order valence-electron chi connectivity index (χ4n) is 3.69. The third kappa shape index (κ3) is 4.87. The molecule has 0 aromatic heterocycles. The summed E-state index contributed by atoms with van der Waals surface area (Å²) in [6, 6.07) is 6.48. The molecule has 0 heterocycles. The van der Waals surface area contributed by atoms with Crippen molar-refractivity contribution in [3.05, 3.63) is 57.6 Å². The number of aryl methyl sites for hydroxylation is 2. The molecule has 0 spiro atoms. The average Bonchev–Trinajstić information content (AvgIpc) is 3.05. The lowest BCUT2D eigenvalue weighted by Gasteiger charge is -2.16. The summed E-state index contributed by atoms with van der Waals surface area (Å²) in [5.74, 6) is 0.105. The van der Waals surface area contributed by atoms with E-state index in [1.165, 1.54) is 13.2 Å². The SMILES string of the molecule is COC(=O)NC(=O)C[C@@H]1CCc2cc(Oc3ccc(C(F)(F)F)cc3Cl)cc(C)c21. The predicted molar refractivity (Wildman–Crippen MR) is 104 cm³/mol. The number of imide groups is 1. The van der Waals surface area contributed by atoms with E-state index in [4.69, 9.17) is 16.3 Å². The van der Waals surface area contributed by atoms with Gasteiger partial charge in [0.1, 0.15) is 11.5 Å². The quantitative estimate of drug-likeness (QED) is 0.655. The van der Waals surface area contributed by atoms with Crippen molar-refractivity contribution < 1.29 is 32.2 Å². The summed E-state index contributed by atoms with van der Waals surface area (Å²) in [4.78, 5) is 23.2. The lowest BCUT2D eigenvalue weighted by atomic mass is 9.93. The molecule has 2 aromatic carbocycles. The molecular weight excluding hydrogens is 423 g/mol. The number of hydrogen-bond acceptors (Lipinski definition) is 4. The van der Waals surface area contributed by atoms with Crippen molar-refractivity contribution in [1.29, 1.82) is 0 Å². The van der Waals surface area contributed by atoms with Gasteiger partial charge < -0.3 is 9.47 Å². The minimum absolute atomic E-state index is 0.0478. The van der Waals surface area contributed by atoms with E-state index in [1.54, 1.807) is 12.1 Å². The standard InChI is InChI=1S/C21H19ClF3NO4/c1-11-7-15(30-17-6-5-14(10-16(17)22)21(23,24)25)8-12-3-4-13(19(11)12)9-18(27)26-20(28)29-2/h5-8,10,13H,3-4,9H2,1-2H3,(H,26,27,28)/t13-/m0/s1. The van der Waals surface area contributed by atoms with Crippen LogP contribution in [0.3, 0.4) is 0 Å². The van der Waals surface area contributed by atoms with E-state index in [0.717, 1.165) is 35.2 Å². The zero-order valence-corrected chi connectivity index (χ0v) is 17.0. The highest BCUT2D eigenvalue weighted by atomic mass is 35.5. The van der Waals surface area contributed by atoms with Crippen molar-refractivity contribution in [2.45, 2.75) is 38.3 Å². The smallest absolute Gasteiger partial charge is 0.416 e. The van der Waals surface area contributed by atoms with Crippen LogP contribution in [0.4, 0.5) is 18.0 Å². The zero-order chi connectivity index (χ0) is 22.1. The number of carbonyl (C=O) groups is 2. The highest BCUT2D eigenvalue weighted by molar-refractivity contribution is 6.32. The molecule has 9 heteroatoms. The summed E-state index contributed by atoms with van der Waals surface area (Å²) >= 11 is 5.97. The van der Waals surface area contributed by atoms with E-state index in [1.807, 2.05) is 6.92 Å². The lowest BCUT2D eigenvalue weighted by Crippen LogP contribution is -2.31.